The Balaban J connectivity index is 1.45. The fraction of sp³-hybridized carbons (Fsp3) is 0.161. The van der Waals surface area contributed by atoms with Crippen LogP contribution >= 0.6 is 0 Å². The van der Waals surface area contributed by atoms with Gasteiger partial charge < -0.3 is 14.2 Å². The van der Waals surface area contributed by atoms with Crippen molar-refractivity contribution in [1.29, 1.82) is 0 Å². The number of nitrogens with zero attached hydrogens (tertiary/aromatic N) is 6. The van der Waals surface area contributed by atoms with Crippen LogP contribution in [-0.4, -0.2) is 43.6 Å². The summed E-state index contributed by atoms with van der Waals surface area (Å²) >= 11 is 0. The highest BCUT2D eigenvalue weighted by Crippen LogP contribution is 2.50. The second kappa shape index (κ2) is 9.53. The lowest BCUT2D eigenvalue weighted by Crippen LogP contribution is -2.16. The smallest absolute Gasteiger partial charge is 0.230 e. The zero-order chi connectivity index (χ0) is 27.2. The quantitative estimate of drug-likeness (QED) is 0.280. The van der Waals surface area contributed by atoms with Gasteiger partial charge in [-0.15, -0.1) is 5.10 Å². The Morgan fingerprint density at radius 1 is 0.850 bits per heavy atom. The second-order valence-corrected chi connectivity index (χ2v) is 9.62. The van der Waals surface area contributed by atoms with Crippen LogP contribution in [0, 0.1) is 6.92 Å². The number of fused-ring (bicyclic) bond motifs is 4. The molecule has 0 saturated heterocycles. The fourth-order valence-corrected chi connectivity index (χ4v) is 5.39. The maximum Gasteiger partial charge on any atom is 0.230 e. The second-order valence-electron chi connectivity index (χ2n) is 9.62. The summed E-state index contributed by atoms with van der Waals surface area (Å²) in [5, 5.41) is 9.66. The highest BCUT2D eigenvalue weighted by molar-refractivity contribution is 5.67. The first-order valence-electron chi connectivity index (χ1n) is 13.0. The van der Waals surface area contributed by atoms with E-state index in [0.29, 0.717) is 41.2 Å². The molecule has 198 valence electrons. The number of hydrogen-bond donors (Lipinski definition) is 0. The van der Waals surface area contributed by atoms with Crippen LogP contribution < -0.4 is 14.2 Å². The van der Waals surface area contributed by atoms with E-state index in [2.05, 4.69) is 12.1 Å². The van der Waals surface area contributed by atoms with Crippen molar-refractivity contribution in [3.63, 3.8) is 0 Å². The summed E-state index contributed by atoms with van der Waals surface area (Å²) < 4.78 is 21.3. The molecule has 6 aromatic rings. The van der Waals surface area contributed by atoms with Crippen molar-refractivity contribution < 1.29 is 14.2 Å². The van der Waals surface area contributed by atoms with Crippen LogP contribution in [0.5, 0.6) is 23.3 Å². The van der Waals surface area contributed by atoms with Crippen molar-refractivity contribution in [2.45, 2.75) is 19.3 Å². The molecular formula is C31H26N6O3. The lowest BCUT2D eigenvalue weighted by atomic mass is 9.84. The average Bonchev–Trinajstić information content (AvgIpc) is 3.56. The lowest BCUT2D eigenvalue weighted by Gasteiger charge is -2.26. The molecule has 0 saturated carbocycles. The van der Waals surface area contributed by atoms with E-state index in [0.717, 1.165) is 33.6 Å². The van der Waals surface area contributed by atoms with E-state index in [1.165, 1.54) is 0 Å². The number of ether oxygens (including phenoxy) is 3. The normalized spacial score (nSPS) is 13.9. The molecule has 0 radical (unpaired) electrons. The van der Waals surface area contributed by atoms with Gasteiger partial charge in [0.25, 0.3) is 0 Å². The molecule has 9 nitrogen and oxygen atoms in total. The highest BCUT2D eigenvalue weighted by Gasteiger charge is 2.38. The molecule has 1 atom stereocenters. The molecule has 7 rings (SSSR count). The average molecular weight is 531 g/mol. The lowest BCUT2D eigenvalue weighted by molar-refractivity contribution is 0.354. The third-order valence-electron chi connectivity index (χ3n) is 7.21. The van der Waals surface area contributed by atoms with Crippen molar-refractivity contribution in [2.24, 2.45) is 0 Å². The van der Waals surface area contributed by atoms with Crippen LogP contribution in [-0.2, 0) is 6.42 Å². The zero-order valence-electron chi connectivity index (χ0n) is 22.3. The molecule has 0 spiro atoms. The molecule has 1 aliphatic heterocycles. The van der Waals surface area contributed by atoms with Crippen LogP contribution in [0.3, 0.4) is 0 Å². The largest absolute Gasteiger partial charge is 0.493 e. The Hall–Kier alpha value is -5.18. The topological polar surface area (TPSA) is 88.6 Å². The molecule has 3 aromatic carbocycles. The van der Waals surface area contributed by atoms with Gasteiger partial charge >= 0.3 is 0 Å². The molecule has 1 aliphatic rings. The summed E-state index contributed by atoms with van der Waals surface area (Å²) in [7, 11) is 3.27. The van der Waals surface area contributed by atoms with E-state index in [-0.39, 0.29) is 5.92 Å². The van der Waals surface area contributed by atoms with Gasteiger partial charge in [0.2, 0.25) is 11.8 Å². The molecule has 40 heavy (non-hydrogen) atoms. The molecule has 0 amide bonds. The molecule has 0 aliphatic carbocycles. The minimum absolute atomic E-state index is 0.291. The molecule has 0 fully saturated rings. The first-order valence-corrected chi connectivity index (χ1v) is 13.0. The molecule has 0 N–H and O–H groups in total. The van der Waals surface area contributed by atoms with Crippen LogP contribution in [0.15, 0.2) is 85.2 Å². The monoisotopic (exact) mass is 530 g/mol. The number of aryl methyl sites for hydroxylation is 1. The van der Waals surface area contributed by atoms with Gasteiger partial charge in [-0.1, -0.05) is 54.6 Å². The minimum atomic E-state index is -0.291. The van der Waals surface area contributed by atoms with Crippen LogP contribution in [0.4, 0.5) is 0 Å². The van der Waals surface area contributed by atoms with Crippen molar-refractivity contribution >= 4 is 5.65 Å². The SMILES string of the molecule is COc1ccc([C@H]2c3c(C)nn(-c4ccccc4)c3Oc3ncn4nc(Cc5ccccc5)nc4c32)cc1OC. The van der Waals surface area contributed by atoms with Gasteiger partial charge in [-0.3, -0.25) is 0 Å². The van der Waals surface area contributed by atoms with Gasteiger partial charge in [0.15, 0.2) is 23.0 Å². The van der Waals surface area contributed by atoms with Crippen LogP contribution in [0.2, 0.25) is 0 Å². The maximum atomic E-state index is 6.52. The number of hydrogen-bond acceptors (Lipinski definition) is 7. The predicted octanol–water partition coefficient (Wildman–Crippen LogP) is 5.51. The summed E-state index contributed by atoms with van der Waals surface area (Å²) in [5.74, 6) is 2.79. The Kier molecular flexibility index (Phi) is 5.70. The minimum Gasteiger partial charge on any atom is -0.493 e. The molecule has 0 bridgehead atoms. The van der Waals surface area contributed by atoms with Gasteiger partial charge in [0, 0.05) is 6.42 Å². The van der Waals surface area contributed by atoms with Crippen LogP contribution in [0.1, 0.15) is 39.7 Å². The number of aromatic nitrogens is 6. The highest BCUT2D eigenvalue weighted by atomic mass is 16.5. The van der Waals surface area contributed by atoms with Crippen molar-refractivity contribution in [1.82, 2.24) is 29.4 Å². The summed E-state index contributed by atoms with van der Waals surface area (Å²) in [6.07, 6.45) is 2.26. The Morgan fingerprint density at radius 3 is 2.35 bits per heavy atom. The first kappa shape index (κ1) is 23.9. The van der Waals surface area contributed by atoms with E-state index in [9.17, 15) is 0 Å². The van der Waals surface area contributed by atoms with E-state index < -0.39 is 0 Å². The van der Waals surface area contributed by atoms with Gasteiger partial charge in [-0.2, -0.15) is 5.10 Å². The van der Waals surface area contributed by atoms with Crippen molar-refractivity contribution in [2.75, 3.05) is 14.2 Å². The summed E-state index contributed by atoms with van der Waals surface area (Å²) in [6.45, 7) is 2.00. The van der Waals surface area contributed by atoms with Gasteiger partial charge in [0.05, 0.1) is 42.6 Å². The van der Waals surface area contributed by atoms with Crippen molar-refractivity contribution in [3.05, 3.63) is 119 Å². The standard InChI is InChI=1S/C31H26N6O3/c1-19-26-27(21-14-15-23(38-2)24(17-21)39-3)28-29-33-25(16-20-10-6-4-7-11-20)35-36(29)18-32-30(28)40-31(26)37(34-19)22-12-8-5-9-13-22/h4-15,17-18,27H,16H2,1-3H3/t27-/m0/s1. The van der Waals surface area contributed by atoms with E-state index >= 15 is 0 Å². The molecular weight excluding hydrogens is 504 g/mol. The first-order chi connectivity index (χ1) is 19.6. The third-order valence-corrected chi connectivity index (χ3v) is 7.21. The predicted molar refractivity (Wildman–Crippen MR) is 149 cm³/mol. The number of benzene rings is 3. The summed E-state index contributed by atoms with van der Waals surface area (Å²) in [5.41, 5.74) is 6.30. The number of methoxy groups -OCH3 is 2. The Labute approximate surface area is 230 Å². The molecule has 0 unspecified atom stereocenters. The fourth-order valence-electron chi connectivity index (χ4n) is 5.39. The summed E-state index contributed by atoms with van der Waals surface area (Å²) in [4.78, 5) is 9.69. The van der Waals surface area contributed by atoms with Crippen molar-refractivity contribution in [3.8, 4) is 28.9 Å². The van der Waals surface area contributed by atoms with E-state index in [1.807, 2.05) is 78.3 Å². The van der Waals surface area contributed by atoms with Crippen LogP contribution in [0.25, 0.3) is 11.3 Å². The van der Waals surface area contributed by atoms with E-state index in [1.54, 1.807) is 25.1 Å². The maximum absolute atomic E-state index is 6.52. The molecule has 3 aromatic heterocycles. The third kappa shape index (κ3) is 3.86. The Morgan fingerprint density at radius 2 is 1.60 bits per heavy atom. The zero-order valence-corrected chi connectivity index (χ0v) is 22.3. The summed E-state index contributed by atoms with van der Waals surface area (Å²) in [6, 6.07) is 26.1. The molecule has 4 heterocycles. The van der Waals surface area contributed by atoms with Gasteiger partial charge in [0.1, 0.15) is 6.33 Å². The molecule has 9 heteroatoms. The Bertz CT molecular complexity index is 1850. The van der Waals surface area contributed by atoms with E-state index in [4.69, 9.17) is 34.4 Å². The number of para-hydroxylation sites is 1. The number of rotatable bonds is 6. The van der Waals surface area contributed by atoms with Gasteiger partial charge in [-0.25, -0.2) is 19.2 Å². The van der Waals surface area contributed by atoms with Gasteiger partial charge in [-0.05, 0) is 42.3 Å².